The number of benzene rings is 3. The fourth-order valence-electron chi connectivity index (χ4n) is 3.49. The molecule has 0 spiro atoms. The lowest BCUT2D eigenvalue weighted by atomic mass is 10.1. The molecule has 8 nitrogen and oxygen atoms in total. The highest BCUT2D eigenvalue weighted by atomic mass is 32.2. The number of hydrogen-bond donors (Lipinski definition) is 1. The maximum absolute atomic E-state index is 12.7. The SMILES string of the molecule is COc1ccccc1-n1c(SCC(=O)Nc2cc(C)ccc2C)nc2cc([N+](=O)[O-])ccc21. The van der Waals surface area contributed by atoms with Crippen molar-refractivity contribution in [1.29, 1.82) is 0 Å². The summed E-state index contributed by atoms with van der Waals surface area (Å²) in [5.41, 5.74) is 4.64. The summed E-state index contributed by atoms with van der Waals surface area (Å²) < 4.78 is 7.37. The molecule has 0 radical (unpaired) electrons. The number of methoxy groups -OCH3 is 1. The zero-order chi connectivity index (χ0) is 23.5. The first-order valence-corrected chi connectivity index (χ1v) is 11.2. The van der Waals surface area contributed by atoms with Crippen molar-refractivity contribution < 1.29 is 14.5 Å². The van der Waals surface area contributed by atoms with E-state index in [1.54, 1.807) is 13.2 Å². The zero-order valence-electron chi connectivity index (χ0n) is 18.4. The molecule has 3 aromatic carbocycles. The van der Waals surface area contributed by atoms with Gasteiger partial charge in [0.05, 0.1) is 34.5 Å². The second-order valence-electron chi connectivity index (χ2n) is 7.49. The highest BCUT2D eigenvalue weighted by Crippen LogP contribution is 2.34. The van der Waals surface area contributed by atoms with Crippen LogP contribution in [0.3, 0.4) is 0 Å². The lowest BCUT2D eigenvalue weighted by Crippen LogP contribution is -2.15. The fraction of sp³-hybridized carbons (Fsp3) is 0.167. The molecule has 0 aliphatic carbocycles. The molecule has 0 aliphatic rings. The number of nitrogens with one attached hydrogen (secondary N) is 1. The minimum absolute atomic E-state index is 0.0450. The van der Waals surface area contributed by atoms with Gasteiger partial charge in [-0.3, -0.25) is 19.5 Å². The van der Waals surface area contributed by atoms with Crippen LogP contribution >= 0.6 is 11.8 Å². The number of hydrogen-bond acceptors (Lipinski definition) is 6. The summed E-state index contributed by atoms with van der Waals surface area (Å²) in [6, 6.07) is 17.9. The highest BCUT2D eigenvalue weighted by Gasteiger charge is 2.19. The Morgan fingerprint density at radius 2 is 1.94 bits per heavy atom. The average molecular weight is 463 g/mol. The van der Waals surface area contributed by atoms with Crippen molar-refractivity contribution in [2.75, 3.05) is 18.2 Å². The number of nitro groups is 1. The summed E-state index contributed by atoms with van der Waals surface area (Å²) in [5.74, 6) is 0.573. The molecule has 168 valence electrons. The van der Waals surface area contributed by atoms with Crippen molar-refractivity contribution >= 4 is 40.1 Å². The minimum Gasteiger partial charge on any atom is -0.495 e. The van der Waals surface area contributed by atoms with E-state index in [1.807, 2.05) is 60.9 Å². The number of nitrogens with zero attached hydrogens (tertiary/aromatic N) is 3. The van der Waals surface area contributed by atoms with Gasteiger partial charge in [-0.15, -0.1) is 0 Å². The molecule has 4 aromatic rings. The fourth-order valence-corrected chi connectivity index (χ4v) is 4.31. The number of thioether (sulfide) groups is 1. The number of carbonyl (C=O) groups is 1. The van der Waals surface area contributed by atoms with E-state index in [9.17, 15) is 14.9 Å². The number of imidazole rings is 1. The lowest BCUT2D eigenvalue weighted by molar-refractivity contribution is -0.384. The number of anilines is 1. The first-order valence-electron chi connectivity index (χ1n) is 10.2. The number of nitro benzene ring substituents is 1. The maximum Gasteiger partial charge on any atom is 0.271 e. The first kappa shape index (κ1) is 22.3. The van der Waals surface area contributed by atoms with E-state index in [2.05, 4.69) is 10.3 Å². The van der Waals surface area contributed by atoms with Gasteiger partial charge in [-0.05, 0) is 49.2 Å². The topological polar surface area (TPSA) is 99.3 Å². The average Bonchev–Trinajstić information content (AvgIpc) is 3.17. The van der Waals surface area contributed by atoms with Gasteiger partial charge < -0.3 is 10.1 Å². The number of amides is 1. The Hall–Kier alpha value is -3.85. The van der Waals surface area contributed by atoms with Gasteiger partial charge in [-0.1, -0.05) is 36.0 Å². The van der Waals surface area contributed by atoms with Gasteiger partial charge in [-0.25, -0.2) is 4.98 Å². The van der Waals surface area contributed by atoms with Crippen LogP contribution in [-0.2, 0) is 4.79 Å². The molecule has 1 amide bonds. The minimum atomic E-state index is -0.452. The summed E-state index contributed by atoms with van der Waals surface area (Å²) in [6.45, 7) is 3.91. The number of fused-ring (bicyclic) bond motifs is 1. The van der Waals surface area contributed by atoms with Gasteiger partial charge in [0, 0.05) is 17.8 Å². The molecule has 1 aromatic heterocycles. The normalized spacial score (nSPS) is 10.9. The second kappa shape index (κ2) is 9.33. The van der Waals surface area contributed by atoms with E-state index in [0.29, 0.717) is 21.9 Å². The Morgan fingerprint density at radius 1 is 1.15 bits per heavy atom. The molecule has 0 saturated heterocycles. The van der Waals surface area contributed by atoms with E-state index in [0.717, 1.165) is 22.5 Å². The Morgan fingerprint density at radius 3 is 2.70 bits per heavy atom. The Bertz CT molecular complexity index is 1370. The van der Waals surface area contributed by atoms with Crippen molar-refractivity contribution in [1.82, 2.24) is 9.55 Å². The lowest BCUT2D eigenvalue weighted by Gasteiger charge is -2.13. The molecule has 4 rings (SSSR count). The van der Waals surface area contributed by atoms with Gasteiger partial charge in [0.25, 0.3) is 5.69 Å². The van der Waals surface area contributed by atoms with Crippen LogP contribution in [0.1, 0.15) is 11.1 Å². The zero-order valence-corrected chi connectivity index (χ0v) is 19.2. The van der Waals surface area contributed by atoms with Gasteiger partial charge in [0.1, 0.15) is 5.75 Å². The molecule has 0 bridgehead atoms. The number of aryl methyl sites for hydroxylation is 2. The number of aromatic nitrogens is 2. The molecule has 0 fully saturated rings. The van der Waals surface area contributed by atoms with Crippen LogP contribution in [-0.4, -0.2) is 33.2 Å². The van der Waals surface area contributed by atoms with Crippen LogP contribution in [0.25, 0.3) is 16.7 Å². The summed E-state index contributed by atoms with van der Waals surface area (Å²) in [4.78, 5) is 28.1. The molecule has 9 heteroatoms. The number of rotatable bonds is 7. The third kappa shape index (κ3) is 4.68. The van der Waals surface area contributed by atoms with Crippen molar-refractivity contribution in [3.8, 4) is 11.4 Å². The van der Waals surface area contributed by atoms with Crippen LogP contribution in [0.5, 0.6) is 5.75 Å². The summed E-state index contributed by atoms with van der Waals surface area (Å²) in [7, 11) is 1.58. The van der Waals surface area contributed by atoms with E-state index in [1.165, 1.54) is 23.9 Å². The van der Waals surface area contributed by atoms with Gasteiger partial charge in [0.2, 0.25) is 5.91 Å². The standard InChI is InChI=1S/C24H22N4O4S/c1-15-8-9-16(2)18(12-15)25-23(29)14-33-24-26-19-13-17(28(30)31)10-11-20(19)27(24)21-6-4-5-7-22(21)32-3/h4-13H,14H2,1-3H3,(H,25,29). The molecular formula is C24H22N4O4S. The molecule has 0 aliphatic heterocycles. The van der Waals surface area contributed by atoms with Crippen LogP contribution in [0, 0.1) is 24.0 Å². The highest BCUT2D eigenvalue weighted by molar-refractivity contribution is 7.99. The third-order valence-corrected chi connectivity index (χ3v) is 6.08. The number of para-hydroxylation sites is 2. The van der Waals surface area contributed by atoms with E-state index in [-0.39, 0.29) is 17.3 Å². The van der Waals surface area contributed by atoms with Gasteiger partial charge >= 0.3 is 0 Å². The quantitative estimate of drug-likeness (QED) is 0.228. The monoisotopic (exact) mass is 462 g/mol. The molecule has 0 unspecified atom stereocenters. The number of non-ortho nitro benzene ring substituents is 1. The van der Waals surface area contributed by atoms with Crippen molar-refractivity contribution in [3.63, 3.8) is 0 Å². The van der Waals surface area contributed by atoms with Crippen molar-refractivity contribution in [2.45, 2.75) is 19.0 Å². The Kier molecular flexibility index (Phi) is 6.32. The second-order valence-corrected chi connectivity index (χ2v) is 8.43. The third-order valence-electron chi connectivity index (χ3n) is 5.14. The van der Waals surface area contributed by atoms with Crippen molar-refractivity contribution in [2.24, 2.45) is 0 Å². The van der Waals surface area contributed by atoms with Crippen LogP contribution < -0.4 is 10.1 Å². The molecule has 1 N–H and O–H groups in total. The largest absolute Gasteiger partial charge is 0.495 e. The Balaban J connectivity index is 1.69. The molecule has 33 heavy (non-hydrogen) atoms. The van der Waals surface area contributed by atoms with Crippen molar-refractivity contribution in [3.05, 3.63) is 81.9 Å². The molecule has 0 atom stereocenters. The number of ether oxygens (including phenoxy) is 1. The Labute approximate surface area is 194 Å². The van der Waals surface area contributed by atoms with E-state index in [4.69, 9.17) is 4.74 Å². The number of carbonyl (C=O) groups excluding carboxylic acids is 1. The van der Waals surface area contributed by atoms with Crippen LogP contribution in [0.4, 0.5) is 11.4 Å². The first-order chi connectivity index (χ1) is 15.9. The molecular weight excluding hydrogens is 440 g/mol. The van der Waals surface area contributed by atoms with Crippen LogP contribution in [0.2, 0.25) is 0 Å². The van der Waals surface area contributed by atoms with Gasteiger partial charge in [-0.2, -0.15) is 0 Å². The predicted octanol–water partition coefficient (Wildman–Crippen LogP) is 5.29. The summed E-state index contributed by atoms with van der Waals surface area (Å²) in [5, 5.41) is 14.7. The summed E-state index contributed by atoms with van der Waals surface area (Å²) >= 11 is 1.25. The van der Waals surface area contributed by atoms with E-state index >= 15 is 0 Å². The smallest absolute Gasteiger partial charge is 0.271 e. The predicted molar refractivity (Wildman–Crippen MR) is 130 cm³/mol. The maximum atomic E-state index is 12.7. The molecule has 0 saturated carbocycles. The molecule has 1 heterocycles. The summed E-state index contributed by atoms with van der Waals surface area (Å²) in [6.07, 6.45) is 0. The van der Waals surface area contributed by atoms with E-state index < -0.39 is 4.92 Å². The van der Waals surface area contributed by atoms with Crippen LogP contribution in [0.15, 0.2) is 65.8 Å². The van der Waals surface area contributed by atoms with Gasteiger partial charge in [0.15, 0.2) is 5.16 Å².